The largest absolute Gasteiger partial charge is 0.395 e. The van der Waals surface area contributed by atoms with E-state index in [2.05, 4.69) is 40.4 Å². The summed E-state index contributed by atoms with van der Waals surface area (Å²) in [7, 11) is 0. The molecule has 0 aliphatic rings. The van der Waals surface area contributed by atoms with Crippen molar-refractivity contribution in [2.24, 2.45) is 0 Å². The Morgan fingerprint density at radius 2 is 1.79 bits per heavy atom. The predicted molar refractivity (Wildman–Crippen MR) is 96.4 cm³/mol. The van der Waals surface area contributed by atoms with Gasteiger partial charge in [-0.25, -0.2) is 4.98 Å². The molecule has 0 aliphatic heterocycles. The van der Waals surface area contributed by atoms with Crippen LogP contribution in [0.4, 0.5) is 0 Å². The van der Waals surface area contributed by atoms with E-state index in [1.807, 2.05) is 26.0 Å². The summed E-state index contributed by atoms with van der Waals surface area (Å²) < 4.78 is 2.09. The highest BCUT2D eigenvalue weighted by molar-refractivity contribution is 5.33. The monoisotopic (exact) mass is 331 g/mol. The lowest BCUT2D eigenvalue weighted by Gasteiger charge is -2.30. The first-order valence-electron chi connectivity index (χ1n) is 8.66. The second-order valence-electron chi connectivity index (χ2n) is 6.25. The number of aryl methyl sites for hydroxylation is 2. The number of likely N-dealkylation sites (N-methyl/N-ethyl adjacent to an activating group) is 1. The van der Waals surface area contributed by atoms with Crippen molar-refractivity contribution in [3.63, 3.8) is 0 Å². The Balaban J connectivity index is 2.12. The number of pyridine rings is 1. The fraction of sp³-hybridized carbons (Fsp3) is 0.526. The minimum atomic E-state index is -0.612. The maximum Gasteiger partial charge on any atom is 0.136 e. The molecule has 0 amide bonds. The number of hydrogen-bond acceptors (Lipinski definition) is 4. The van der Waals surface area contributed by atoms with Crippen molar-refractivity contribution < 1.29 is 10.2 Å². The van der Waals surface area contributed by atoms with Crippen LogP contribution in [0.5, 0.6) is 0 Å². The van der Waals surface area contributed by atoms with Crippen molar-refractivity contribution in [1.82, 2.24) is 14.5 Å². The zero-order valence-electron chi connectivity index (χ0n) is 15.1. The fourth-order valence-corrected chi connectivity index (χ4v) is 3.12. The number of rotatable bonds is 8. The summed E-state index contributed by atoms with van der Waals surface area (Å²) >= 11 is 0. The fourth-order valence-electron chi connectivity index (χ4n) is 3.12. The third-order valence-corrected chi connectivity index (χ3v) is 4.67. The highest BCUT2D eigenvalue weighted by Crippen LogP contribution is 2.19. The lowest BCUT2D eigenvalue weighted by molar-refractivity contribution is 0.0638. The first-order valence-corrected chi connectivity index (χ1v) is 8.66. The van der Waals surface area contributed by atoms with E-state index in [0.29, 0.717) is 6.54 Å². The van der Waals surface area contributed by atoms with E-state index >= 15 is 0 Å². The van der Waals surface area contributed by atoms with Crippen molar-refractivity contribution in [3.8, 4) is 5.82 Å². The first-order chi connectivity index (χ1) is 11.5. The molecule has 0 spiro atoms. The molecule has 0 aromatic carbocycles. The van der Waals surface area contributed by atoms with E-state index in [-0.39, 0.29) is 12.6 Å². The summed E-state index contributed by atoms with van der Waals surface area (Å²) in [6.45, 7) is 9.60. The number of aliphatic hydroxyl groups is 2. The number of hydrogen-bond donors (Lipinski definition) is 2. The number of aliphatic hydroxyl groups excluding tert-OH is 2. The van der Waals surface area contributed by atoms with Crippen molar-refractivity contribution >= 4 is 0 Å². The van der Waals surface area contributed by atoms with Crippen LogP contribution in [0, 0.1) is 13.8 Å². The lowest BCUT2D eigenvalue weighted by atomic mass is 10.1. The Hall–Kier alpha value is -1.69. The molecule has 132 valence electrons. The lowest BCUT2D eigenvalue weighted by Crippen LogP contribution is -2.40. The van der Waals surface area contributed by atoms with E-state index in [1.165, 1.54) is 0 Å². The van der Waals surface area contributed by atoms with Crippen molar-refractivity contribution in [1.29, 1.82) is 0 Å². The van der Waals surface area contributed by atoms with Crippen LogP contribution < -0.4 is 0 Å². The molecule has 0 saturated heterocycles. The van der Waals surface area contributed by atoms with E-state index in [0.717, 1.165) is 35.7 Å². The smallest absolute Gasteiger partial charge is 0.136 e. The molecule has 2 aromatic heterocycles. The highest BCUT2D eigenvalue weighted by atomic mass is 16.3. The maximum atomic E-state index is 10.5. The normalized spacial score (nSPS) is 14.1. The molecule has 5 heteroatoms. The molecule has 0 aliphatic carbocycles. The summed E-state index contributed by atoms with van der Waals surface area (Å²) in [5.41, 5.74) is 3.07. The summed E-state index contributed by atoms with van der Waals surface area (Å²) in [6, 6.07) is 8.09. The van der Waals surface area contributed by atoms with Gasteiger partial charge < -0.3 is 14.8 Å². The second kappa shape index (κ2) is 8.42. The van der Waals surface area contributed by atoms with Crippen LogP contribution in [-0.4, -0.2) is 50.4 Å². The molecular weight excluding hydrogens is 302 g/mol. The molecule has 0 unspecified atom stereocenters. The van der Waals surface area contributed by atoms with E-state index < -0.39 is 6.10 Å². The highest BCUT2D eigenvalue weighted by Gasteiger charge is 2.19. The van der Waals surface area contributed by atoms with Gasteiger partial charge in [-0.2, -0.15) is 0 Å². The standard InChI is InChI=1S/C19H29N3O2/c1-5-17(13-23)21(6-2)12-18(24)16-9-10-19(20-11-16)22-14(3)7-8-15(22)4/h7-11,17-18,23-24H,5-6,12-13H2,1-4H3/t17-,18+/m0/s1. The van der Waals surface area contributed by atoms with Crippen LogP contribution >= 0.6 is 0 Å². The van der Waals surface area contributed by atoms with Gasteiger partial charge in [-0.3, -0.25) is 4.90 Å². The molecule has 0 saturated carbocycles. The number of aromatic nitrogens is 2. The van der Waals surface area contributed by atoms with Crippen LogP contribution in [-0.2, 0) is 0 Å². The molecule has 2 aromatic rings. The van der Waals surface area contributed by atoms with Gasteiger partial charge in [-0.15, -0.1) is 0 Å². The Morgan fingerprint density at radius 1 is 1.12 bits per heavy atom. The summed E-state index contributed by atoms with van der Waals surface area (Å²) in [5, 5.41) is 20.0. The summed E-state index contributed by atoms with van der Waals surface area (Å²) in [5.74, 6) is 0.861. The molecule has 2 atom stereocenters. The van der Waals surface area contributed by atoms with Crippen LogP contribution in [0.1, 0.15) is 43.3 Å². The topological polar surface area (TPSA) is 61.5 Å². The van der Waals surface area contributed by atoms with Crippen molar-refractivity contribution in [3.05, 3.63) is 47.4 Å². The van der Waals surface area contributed by atoms with Gasteiger partial charge >= 0.3 is 0 Å². The minimum Gasteiger partial charge on any atom is -0.395 e. The number of nitrogens with zero attached hydrogens (tertiary/aromatic N) is 3. The second-order valence-corrected chi connectivity index (χ2v) is 6.25. The van der Waals surface area contributed by atoms with Crippen LogP contribution in [0.3, 0.4) is 0 Å². The van der Waals surface area contributed by atoms with E-state index in [1.54, 1.807) is 6.20 Å². The Kier molecular flexibility index (Phi) is 6.54. The first kappa shape index (κ1) is 18.6. The summed E-state index contributed by atoms with van der Waals surface area (Å²) in [6.07, 6.45) is 1.99. The average molecular weight is 331 g/mol. The van der Waals surface area contributed by atoms with Crippen molar-refractivity contribution in [2.75, 3.05) is 19.7 Å². The Labute approximate surface area is 144 Å². The van der Waals surface area contributed by atoms with Crippen LogP contribution in [0.25, 0.3) is 5.82 Å². The van der Waals surface area contributed by atoms with Gasteiger partial charge in [0.25, 0.3) is 0 Å². The minimum absolute atomic E-state index is 0.0852. The molecule has 2 N–H and O–H groups in total. The molecule has 0 radical (unpaired) electrons. The zero-order valence-corrected chi connectivity index (χ0v) is 15.1. The Morgan fingerprint density at radius 3 is 2.25 bits per heavy atom. The van der Waals surface area contributed by atoms with Gasteiger partial charge in [-0.05, 0) is 45.0 Å². The van der Waals surface area contributed by atoms with E-state index in [4.69, 9.17) is 0 Å². The maximum absolute atomic E-state index is 10.5. The molecule has 5 nitrogen and oxygen atoms in total. The summed E-state index contributed by atoms with van der Waals surface area (Å²) in [4.78, 5) is 6.63. The predicted octanol–water partition coefficient (Wildman–Crippen LogP) is 2.62. The zero-order chi connectivity index (χ0) is 17.7. The molecule has 2 heterocycles. The third-order valence-electron chi connectivity index (χ3n) is 4.67. The SMILES string of the molecule is CC[C@@H](CO)N(CC)C[C@@H](O)c1ccc(-n2c(C)ccc2C)nc1. The van der Waals surface area contributed by atoms with Crippen molar-refractivity contribution in [2.45, 2.75) is 46.3 Å². The van der Waals surface area contributed by atoms with Crippen LogP contribution in [0.15, 0.2) is 30.5 Å². The molecular formula is C19H29N3O2. The van der Waals surface area contributed by atoms with Crippen LogP contribution in [0.2, 0.25) is 0 Å². The van der Waals surface area contributed by atoms with E-state index in [9.17, 15) is 10.2 Å². The van der Waals surface area contributed by atoms with Gasteiger partial charge in [-0.1, -0.05) is 19.9 Å². The van der Waals surface area contributed by atoms with Gasteiger partial charge in [0, 0.05) is 35.7 Å². The van der Waals surface area contributed by atoms with Gasteiger partial charge in [0.15, 0.2) is 0 Å². The van der Waals surface area contributed by atoms with Gasteiger partial charge in [0.1, 0.15) is 5.82 Å². The van der Waals surface area contributed by atoms with Gasteiger partial charge in [0.05, 0.1) is 12.7 Å². The van der Waals surface area contributed by atoms with Gasteiger partial charge in [0.2, 0.25) is 0 Å². The Bertz CT molecular complexity index is 613. The molecule has 0 fully saturated rings. The quantitative estimate of drug-likeness (QED) is 0.780. The third kappa shape index (κ3) is 4.04. The molecule has 24 heavy (non-hydrogen) atoms. The molecule has 2 rings (SSSR count). The molecule has 0 bridgehead atoms. The average Bonchev–Trinajstić information content (AvgIpc) is 2.93.